The number of benzene rings is 1. The molecule has 2 aliphatic rings. The lowest BCUT2D eigenvalue weighted by Crippen LogP contribution is -2.50. The first kappa shape index (κ1) is 24.0. The molecule has 1 aromatic carbocycles. The van der Waals surface area contributed by atoms with E-state index in [4.69, 9.17) is 0 Å². The van der Waals surface area contributed by atoms with Crippen LogP contribution in [0.3, 0.4) is 0 Å². The number of pyridine rings is 1. The molecule has 0 bridgehead atoms. The number of fused-ring (bicyclic) bond motifs is 3. The molecular weight excluding hydrogens is 453 g/mol. The Hall–Kier alpha value is -3.76. The Bertz CT molecular complexity index is 1370. The van der Waals surface area contributed by atoms with E-state index in [2.05, 4.69) is 43.0 Å². The van der Waals surface area contributed by atoms with Crippen LogP contribution in [-0.4, -0.2) is 67.6 Å². The topological polar surface area (TPSA) is 117 Å². The number of carbonyl (C=O) groups is 2. The summed E-state index contributed by atoms with van der Waals surface area (Å²) < 4.78 is 0. The molecule has 182 valence electrons. The highest BCUT2D eigenvalue weighted by atomic mass is 16.2. The van der Waals surface area contributed by atoms with Crippen molar-refractivity contribution in [1.29, 1.82) is 0 Å². The molecule has 1 fully saturated rings. The van der Waals surface area contributed by atoms with E-state index < -0.39 is 5.24 Å². The van der Waals surface area contributed by atoms with E-state index in [1.54, 1.807) is 10.9 Å². The van der Waals surface area contributed by atoms with Crippen LogP contribution >= 0.6 is 0 Å². The van der Waals surface area contributed by atoms with Crippen molar-refractivity contribution in [3.05, 3.63) is 41.7 Å². The first-order valence-corrected chi connectivity index (χ1v) is 12.2. The predicted octanol–water partition coefficient (Wildman–Crippen LogP) is -0.280. The molecule has 1 atom stereocenters. The Balaban J connectivity index is 1.56. The number of rotatable bonds is 6. The van der Waals surface area contributed by atoms with Crippen molar-refractivity contribution < 1.29 is 9.59 Å². The average Bonchev–Trinajstić information content (AvgIpc) is 3.58. The van der Waals surface area contributed by atoms with E-state index in [9.17, 15) is 9.59 Å². The molecule has 0 saturated heterocycles. The van der Waals surface area contributed by atoms with E-state index in [0.29, 0.717) is 17.1 Å². The number of amides is 2. The van der Waals surface area contributed by atoms with Gasteiger partial charge in [0.1, 0.15) is 40.7 Å². The van der Waals surface area contributed by atoms with Crippen LogP contribution in [0.25, 0.3) is 11.3 Å². The van der Waals surface area contributed by atoms with Crippen molar-refractivity contribution in [3.63, 3.8) is 0 Å². The molecule has 5 rings (SSSR count). The van der Waals surface area contributed by atoms with Gasteiger partial charge < -0.3 is 20.9 Å². The van der Waals surface area contributed by atoms with E-state index in [1.165, 1.54) is 6.20 Å². The molecule has 3 heterocycles. The van der Waals surface area contributed by atoms with Gasteiger partial charge in [0.25, 0.3) is 5.91 Å². The highest BCUT2D eigenvalue weighted by molar-refractivity contribution is 6.60. The lowest BCUT2D eigenvalue weighted by Gasteiger charge is -2.34. The summed E-state index contributed by atoms with van der Waals surface area (Å²) >= 11 is 0. The molecule has 1 aliphatic heterocycles. The maximum Gasteiger partial charge on any atom is 0.253 e. The van der Waals surface area contributed by atoms with Crippen LogP contribution in [-0.2, 0) is 11.8 Å². The summed E-state index contributed by atoms with van der Waals surface area (Å²) in [6, 6.07) is 7.68. The van der Waals surface area contributed by atoms with Crippen molar-refractivity contribution in [2.45, 2.75) is 31.0 Å². The molecule has 1 saturated carbocycles. The number of nitrogens with zero attached hydrogens (tertiary/aromatic N) is 5. The monoisotopic (exact) mass is 482 g/mol. The first-order chi connectivity index (χ1) is 17.0. The number of para-hydroxylation sites is 1. The number of nitrogens with one attached hydrogen (secondary N) is 3. The number of hydrogen-bond acceptors (Lipinski definition) is 7. The molecule has 2 amide bonds. The van der Waals surface area contributed by atoms with Gasteiger partial charge in [-0.3, -0.25) is 9.59 Å². The molecule has 36 heavy (non-hydrogen) atoms. The summed E-state index contributed by atoms with van der Waals surface area (Å²) in [6.45, 7) is 2.09. The highest BCUT2D eigenvalue weighted by Crippen LogP contribution is 2.46. The first-order valence-electron chi connectivity index (χ1n) is 12.2. The van der Waals surface area contributed by atoms with Gasteiger partial charge in [0, 0.05) is 37.8 Å². The molecule has 3 N–H and O–H groups in total. The van der Waals surface area contributed by atoms with Crippen LogP contribution in [0.1, 0.15) is 41.9 Å². The van der Waals surface area contributed by atoms with Crippen molar-refractivity contribution in [3.8, 4) is 11.3 Å². The summed E-state index contributed by atoms with van der Waals surface area (Å²) in [5.74, 6) is 0.162. The second-order valence-electron chi connectivity index (χ2n) is 10.6. The molecule has 0 spiro atoms. The second-order valence-corrected chi connectivity index (χ2v) is 10.6. The highest BCUT2D eigenvalue weighted by Gasteiger charge is 2.33. The van der Waals surface area contributed by atoms with Crippen LogP contribution in [0.2, 0.25) is 0 Å². The van der Waals surface area contributed by atoms with E-state index in [1.807, 2.05) is 55.8 Å². The fourth-order valence-electron chi connectivity index (χ4n) is 4.42. The molecule has 2 aromatic heterocycles. The fraction of sp³-hybridized carbons (Fsp3) is 0.348. The molecule has 1 aliphatic carbocycles. The summed E-state index contributed by atoms with van der Waals surface area (Å²) in [7, 11) is 9.63. The summed E-state index contributed by atoms with van der Waals surface area (Å²) in [4.78, 5) is 33.7. The van der Waals surface area contributed by atoms with Gasteiger partial charge >= 0.3 is 0 Å². The molecule has 0 unspecified atom stereocenters. The largest absolute Gasteiger partial charge is 0.370 e. The van der Waals surface area contributed by atoms with Gasteiger partial charge in [-0.05, 0) is 31.1 Å². The van der Waals surface area contributed by atoms with Gasteiger partial charge in [-0.25, -0.2) is 4.98 Å². The smallest absolute Gasteiger partial charge is 0.253 e. The maximum atomic E-state index is 13.2. The minimum atomic E-state index is -0.419. The lowest BCUT2D eigenvalue weighted by molar-refractivity contribution is -0.117. The number of anilines is 4. The SMILES string of the molecule is BC(B)(B)NC(=O)c1cnc(NC(=O)C2CC2)cc1Nc1cccc2c1N(C)[C@H](C)c1nn(C)nc1-2. The van der Waals surface area contributed by atoms with E-state index >= 15 is 0 Å². The van der Waals surface area contributed by atoms with Crippen LogP contribution in [0.5, 0.6) is 0 Å². The molecule has 10 nitrogen and oxygen atoms in total. The van der Waals surface area contributed by atoms with Gasteiger partial charge in [-0.2, -0.15) is 15.0 Å². The Morgan fingerprint density at radius 3 is 2.56 bits per heavy atom. The Morgan fingerprint density at radius 1 is 1.11 bits per heavy atom. The van der Waals surface area contributed by atoms with Gasteiger partial charge in [0.05, 0.1) is 28.7 Å². The summed E-state index contributed by atoms with van der Waals surface area (Å²) in [5, 5.41) is 18.1. The van der Waals surface area contributed by atoms with Gasteiger partial charge in [0.15, 0.2) is 0 Å². The van der Waals surface area contributed by atoms with Crippen LogP contribution in [0.4, 0.5) is 22.9 Å². The number of aryl methyl sites for hydroxylation is 1. The molecular formula is C23H29B3N8O2. The summed E-state index contributed by atoms with van der Waals surface area (Å²) in [6.07, 6.45) is 3.30. The van der Waals surface area contributed by atoms with Crippen LogP contribution in [0, 0.1) is 5.92 Å². The van der Waals surface area contributed by atoms with Crippen LogP contribution in [0.15, 0.2) is 30.5 Å². The van der Waals surface area contributed by atoms with Crippen molar-refractivity contribution >= 4 is 58.2 Å². The van der Waals surface area contributed by atoms with E-state index in [-0.39, 0.29) is 23.8 Å². The summed E-state index contributed by atoms with van der Waals surface area (Å²) in [5.41, 5.74) is 5.44. The average molecular weight is 482 g/mol. The number of aromatic nitrogens is 4. The van der Waals surface area contributed by atoms with Crippen LogP contribution < -0.4 is 20.9 Å². The van der Waals surface area contributed by atoms with Gasteiger partial charge in [0.2, 0.25) is 5.91 Å². The zero-order valence-electron chi connectivity index (χ0n) is 21.5. The van der Waals surface area contributed by atoms with Gasteiger partial charge in [-0.15, -0.1) is 0 Å². The quantitative estimate of drug-likeness (QED) is 0.414. The normalized spacial score (nSPS) is 16.6. The van der Waals surface area contributed by atoms with Crippen molar-refractivity contribution in [2.75, 3.05) is 22.6 Å². The minimum Gasteiger partial charge on any atom is -0.370 e. The fourth-order valence-corrected chi connectivity index (χ4v) is 4.42. The maximum absolute atomic E-state index is 13.2. The molecule has 13 heteroatoms. The predicted molar refractivity (Wildman–Crippen MR) is 148 cm³/mol. The third-order valence-corrected chi connectivity index (χ3v) is 6.47. The Labute approximate surface area is 212 Å². The van der Waals surface area contributed by atoms with Crippen molar-refractivity contribution in [2.24, 2.45) is 13.0 Å². The van der Waals surface area contributed by atoms with E-state index in [0.717, 1.165) is 41.2 Å². The van der Waals surface area contributed by atoms with Crippen molar-refractivity contribution in [1.82, 2.24) is 25.3 Å². The minimum absolute atomic E-state index is 0.0126. The third-order valence-electron chi connectivity index (χ3n) is 6.47. The molecule has 3 aromatic rings. The second kappa shape index (κ2) is 8.72. The molecule has 0 radical (unpaired) electrons. The number of carbonyl (C=O) groups excluding carboxylic acids is 2. The third kappa shape index (κ3) is 4.57. The Morgan fingerprint density at radius 2 is 1.86 bits per heavy atom. The standard InChI is InChI=1S/C23H29B3N8O2/c1-11-18-19(32-34(3)31-18)13-5-4-6-15(20(13)33(11)2)28-16-9-17(29-21(35)12-7-8-12)27-10-14(16)22(36)30-23(24,25)26/h4-6,9-12H,7-8,24-26H2,1-3H3,(H,30,36)(H2,27,28,29,35)/t11-/m1/s1. The number of hydrogen-bond donors (Lipinski definition) is 3. The van der Waals surface area contributed by atoms with Gasteiger partial charge in [-0.1, -0.05) is 12.1 Å². The lowest BCUT2D eigenvalue weighted by atomic mass is 9.49. The zero-order valence-corrected chi connectivity index (χ0v) is 21.5. The Kier molecular flexibility index (Phi) is 5.81. The zero-order chi connectivity index (χ0) is 25.8.